The highest BCUT2D eigenvalue weighted by Crippen LogP contribution is 2.28. The van der Waals surface area contributed by atoms with Gasteiger partial charge in [-0.25, -0.2) is 4.39 Å². The van der Waals surface area contributed by atoms with E-state index >= 15 is 0 Å². The minimum Gasteiger partial charge on any atom is -0.334 e. The van der Waals surface area contributed by atoms with Gasteiger partial charge in [0.2, 0.25) is 12.3 Å². The van der Waals surface area contributed by atoms with Gasteiger partial charge in [-0.3, -0.25) is 9.59 Å². The van der Waals surface area contributed by atoms with Gasteiger partial charge in [-0.2, -0.15) is 0 Å². The maximum Gasteiger partial charge on any atom is 0.304 e. The Hall–Kier alpha value is -2.93. The van der Waals surface area contributed by atoms with Gasteiger partial charge in [-0.15, -0.1) is 10.1 Å². The average molecular weight is 492 g/mol. The molecule has 162 valence electrons. The van der Waals surface area contributed by atoms with E-state index in [2.05, 4.69) is 10.7 Å². The molecule has 0 aromatic heterocycles. The Morgan fingerprint density at radius 2 is 1.62 bits per heavy atom. The molecule has 0 spiro atoms. The molecule has 0 bridgehead atoms. The normalized spacial score (nSPS) is 19.1. The molecule has 0 unspecified atom stereocenters. The smallest absolute Gasteiger partial charge is 0.304 e. The number of hydrogen-bond donors (Lipinski definition) is 2. The van der Waals surface area contributed by atoms with Gasteiger partial charge in [-0.05, 0) is 54.6 Å². The van der Waals surface area contributed by atoms with Gasteiger partial charge >= 0.3 is 5.91 Å². The van der Waals surface area contributed by atoms with Crippen LogP contribution in [0.4, 0.5) is 4.39 Å². The number of nitrogens with one attached hydrogen (secondary N) is 2. The van der Waals surface area contributed by atoms with E-state index in [9.17, 15) is 14.0 Å². The van der Waals surface area contributed by atoms with Crippen molar-refractivity contribution in [2.24, 2.45) is 0 Å². The van der Waals surface area contributed by atoms with Crippen LogP contribution in [0.1, 0.15) is 27.5 Å². The van der Waals surface area contributed by atoms with Crippen LogP contribution >= 0.6 is 34.8 Å². The second-order valence-corrected chi connectivity index (χ2v) is 8.41. The van der Waals surface area contributed by atoms with E-state index in [1.54, 1.807) is 53.4 Å². The number of hydrogen-bond acceptors (Lipinski definition) is 2. The SMILES string of the molecule is O=C(N[C@@H]1C(=O)N/[N+](=C\c2ccc(Cl)cc2Cl)[C@H]1c1ccc(Cl)cc1)c1ccc(F)cc1. The van der Waals surface area contributed by atoms with Crippen molar-refractivity contribution >= 4 is 52.8 Å². The van der Waals surface area contributed by atoms with Crippen molar-refractivity contribution in [2.75, 3.05) is 0 Å². The fourth-order valence-electron chi connectivity index (χ4n) is 3.42. The number of amides is 2. The standard InChI is InChI=1S/C23H15Cl3FN3O2/c24-16-6-1-13(2-7-16)21-20(28-22(31)14-4-9-18(27)10-5-14)23(32)29-30(21)12-15-3-8-17(25)11-19(15)26/h1-12,20-21H,(H-,28,29,31,32)/p+1/b30-12-/t20-,21-/m0/s1. The first-order chi connectivity index (χ1) is 15.3. The molecule has 1 aliphatic heterocycles. The first-order valence-corrected chi connectivity index (χ1v) is 10.7. The Bertz CT molecular complexity index is 1210. The van der Waals surface area contributed by atoms with Crippen molar-refractivity contribution in [2.45, 2.75) is 12.1 Å². The van der Waals surface area contributed by atoms with Crippen LogP contribution in [0.3, 0.4) is 0 Å². The zero-order valence-electron chi connectivity index (χ0n) is 16.4. The summed E-state index contributed by atoms with van der Waals surface area (Å²) >= 11 is 18.3. The first-order valence-electron chi connectivity index (χ1n) is 9.52. The van der Waals surface area contributed by atoms with E-state index in [4.69, 9.17) is 34.8 Å². The molecule has 1 fully saturated rings. The summed E-state index contributed by atoms with van der Waals surface area (Å²) in [5, 5.41) is 4.17. The van der Waals surface area contributed by atoms with E-state index in [1.165, 1.54) is 24.3 Å². The minimum atomic E-state index is -0.934. The zero-order chi connectivity index (χ0) is 22.8. The maximum absolute atomic E-state index is 13.2. The third-order valence-electron chi connectivity index (χ3n) is 4.98. The highest BCUT2D eigenvalue weighted by molar-refractivity contribution is 6.36. The molecule has 0 aliphatic carbocycles. The Balaban J connectivity index is 1.72. The molecule has 0 saturated carbocycles. The lowest BCUT2D eigenvalue weighted by Gasteiger charge is -2.15. The predicted octanol–water partition coefficient (Wildman–Crippen LogP) is 4.80. The van der Waals surface area contributed by atoms with Gasteiger partial charge in [0.15, 0.2) is 6.04 Å². The Kier molecular flexibility index (Phi) is 6.46. The van der Waals surface area contributed by atoms with Crippen LogP contribution in [-0.4, -0.2) is 28.8 Å². The predicted molar refractivity (Wildman–Crippen MR) is 122 cm³/mol. The van der Waals surface area contributed by atoms with Crippen LogP contribution in [0.15, 0.2) is 66.7 Å². The van der Waals surface area contributed by atoms with E-state index < -0.39 is 29.7 Å². The van der Waals surface area contributed by atoms with Gasteiger partial charge in [-0.1, -0.05) is 46.9 Å². The van der Waals surface area contributed by atoms with Crippen molar-refractivity contribution in [3.05, 3.63) is 104 Å². The molecule has 5 nitrogen and oxygen atoms in total. The van der Waals surface area contributed by atoms with Gasteiger partial charge in [0.25, 0.3) is 5.91 Å². The van der Waals surface area contributed by atoms with Crippen LogP contribution in [0.25, 0.3) is 0 Å². The Morgan fingerprint density at radius 3 is 2.28 bits per heavy atom. The Morgan fingerprint density at radius 1 is 0.969 bits per heavy atom. The van der Waals surface area contributed by atoms with Crippen LogP contribution in [-0.2, 0) is 4.79 Å². The van der Waals surface area contributed by atoms with E-state index in [0.29, 0.717) is 20.6 Å². The monoisotopic (exact) mass is 490 g/mol. The summed E-state index contributed by atoms with van der Waals surface area (Å²) < 4.78 is 14.8. The van der Waals surface area contributed by atoms with Crippen LogP contribution in [0.2, 0.25) is 15.1 Å². The zero-order valence-corrected chi connectivity index (χ0v) is 18.6. The van der Waals surface area contributed by atoms with Gasteiger partial charge in [0.05, 0.1) is 10.6 Å². The third-order valence-corrected chi connectivity index (χ3v) is 5.80. The van der Waals surface area contributed by atoms with Gasteiger partial charge in [0, 0.05) is 21.2 Å². The number of hydrazone groups is 1. The summed E-state index contributed by atoms with van der Waals surface area (Å²) in [5.74, 6) is -1.38. The second kappa shape index (κ2) is 9.28. The maximum atomic E-state index is 13.2. The molecule has 1 heterocycles. The molecule has 2 N–H and O–H groups in total. The molecular formula is C23H16Cl3FN3O2+. The number of hydrazine groups is 1. The van der Waals surface area contributed by atoms with E-state index in [1.807, 2.05) is 0 Å². The molecular weight excluding hydrogens is 476 g/mol. The largest absolute Gasteiger partial charge is 0.334 e. The second-order valence-electron chi connectivity index (χ2n) is 7.13. The fraction of sp³-hybridized carbons (Fsp3) is 0.0870. The lowest BCUT2D eigenvalue weighted by Crippen LogP contribution is -2.42. The number of benzene rings is 3. The summed E-state index contributed by atoms with van der Waals surface area (Å²) in [6.07, 6.45) is 1.67. The topological polar surface area (TPSA) is 61.2 Å². The summed E-state index contributed by atoms with van der Waals surface area (Å²) in [6.45, 7) is 0. The fourth-order valence-corrected chi connectivity index (χ4v) is 4.01. The summed E-state index contributed by atoms with van der Waals surface area (Å²) in [5.41, 5.74) is 4.36. The molecule has 3 aromatic carbocycles. The van der Waals surface area contributed by atoms with Crippen molar-refractivity contribution in [1.82, 2.24) is 10.7 Å². The average Bonchev–Trinajstić information content (AvgIpc) is 3.06. The highest BCUT2D eigenvalue weighted by atomic mass is 35.5. The lowest BCUT2D eigenvalue weighted by atomic mass is 9.99. The third kappa shape index (κ3) is 4.78. The number of carbonyl (C=O) groups excluding carboxylic acids is 2. The first kappa shape index (κ1) is 22.3. The summed E-state index contributed by atoms with van der Waals surface area (Å²) in [4.78, 5) is 25.6. The number of rotatable bonds is 4. The van der Waals surface area contributed by atoms with E-state index in [-0.39, 0.29) is 5.56 Å². The van der Waals surface area contributed by atoms with Gasteiger partial charge in [0.1, 0.15) is 5.82 Å². The molecule has 2 atom stereocenters. The summed E-state index contributed by atoms with van der Waals surface area (Å²) in [7, 11) is 0. The van der Waals surface area contributed by atoms with E-state index in [0.717, 1.165) is 5.56 Å². The minimum absolute atomic E-state index is 0.234. The molecule has 1 saturated heterocycles. The number of nitrogens with zero attached hydrogens (tertiary/aromatic N) is 1. The quantitative estimate of drug-likeness (QED) is 0.515. The number of carbonyl (C=O) groups is 2. The van der Waals surface area contributed by atoms with Crippen LogP contribution < -0.4 is 10.7 Å². The summed E-state index contributed by atoms with van der Waals surface area (Å²) in [6, 6.07) is 15.5. The highest BCUT2D eigenvalue weighted by Gasteiger charge is 2.47. The molecule has 9 heteroatoms. The molecule has 0 radical (unpaired) electrons. The van der Waals surface area contributed by atoms with Gasteiger partial charge < -0.3 is 5.32 Å². The molecule has 2 amide bonds. The van der Waals surface area contributed by atoms with Crippen molar-refractivity contribution in [3.63, 3.8) is 0 Å². The molecule has 3 aromatic rings. The lowest BCUT2D eigenvalue weighted by molar-refractivity contribution is -0.596. The Labute approximate surface area is 198 Å². The molecule has 32 heavy (non-hydrogen) atoms. The molecule has 4 rings (SSSR count). The molecule has 1 aliphatic rings. The van der Waals surface area contributed by atoms with Crippen LogP contribution in [0.5, 0.6) is 0 Å². The number of halogens is 4. The van der Waals surface area contributed by atoms with Crippen molar-refractivity contribution in [1.29, 1.82) is 0 Å². The van der Waals surface area contributed by atoms with Crippen molar-refractivity contribution in [3.8, 4) is 0 Å². The van der Waals surface area contributed by atoms with Crippen LogP contribution in [0, 0.1) is 5.82 Å². The van der Waals surface area contributed by atoms with Crippen molar-refractivity contribution < 1.29 is 18.7 Å².